The molecule has 120 valence electrons. The van der Waals surface area contributed by atoms with Crippen molar-refractivity contribution in [1.82, 2.24) is 9.78 Å². The molecule has 0 saturated heterocycles. The van der Waals surface area contributed by atoms with Gasteiger partial charge in [0.1, 0.15) is 5.75 Å². The second-order valence-corrected chi connectivity index (χ2v) is 5.20. The van der Waals surface area contributed by atoms with Gasteiger partial charge in [0.05, 0.1) is 30.7 Å². The van der Waals surface area contributed by atoms with E-state index in [2.05, 4.69) is 11.2 Å². The maximum atomic E-state index is 9.05. The molecule has 0 amide bonds. The summed E-state index contributed by atoms with van der Waals surface area (Å²) in [6, 6.07) is 7.00. The standard InChI is InChI=1S/C17H18ClN3O2/c1-4-15-16(6-7-22-3)20-21(5-2)17(15)23-14-9-12(11-19)8-13(18)10-14/h6-10H,4-5H2,1-3H3. The molecule has 0 aliphatic rings. The molecular formula is C17H18ClN3O2. The molecule has 0 fully saturated rings. The lowest BCUT2D eigenvalue weighted by molar-refractivity contribution is 0.341. The van der Waals surface area contributed by atoms with E-state index < -0.39 is 0 Å². The molecule has 1 heterocycles. The highest BCUT2D eigenvalue weighted by atomic mass is 35.5. The minimum atomic E-state index is 0.451. The van der Waals surface area contributed by atoms with E-state index >= 15 is 0 Å². The number of benzene rings is 1. The van der Waals surface area contributed by atoms with Crippen LogP contribution in [0.5, 0.6) is 11.6 Å². The Labute approximate surface area is 140 Å². The van der Waals surface area contributed by atoms with Crippen LogP contribution in [-0.2, 0) is 17.7 Å². The van der Waals surface area contributed by atoms with Crippen molar-refractivity contribution in [1.29, 1.82) is 5.26 Å². The molecule has 0 aliphatic carbocycles. The molecule has 2 aromatic rings. The van der Waals surface area contributed by atoms with Crippen molar-refractivity contribution in [3.63, 3.8) is 0 Å². The SMILES string of the molecule is CCc1c(C=COC)nn(CC)c1Oc1cc(Cl)cc(C#N)c1. The summed E-state index contributed by atoms with van der Waals surface area (Å²) < 4.78 is 12.7. The van der Waals surface area contributed by atoms with Gasteiger partial charge in [0.25, 0.3) is 0 Å². The highest BCUT2D eigenvalue weighted by Gasteiger charge is 2.17. The zero-order valence-electron chi connectivity index (χ0n) is 13.3. The van der Waals surface area contributed by atoms with Crippen LogP contribution in [0, 0.1) is 11.3 Å². The number of nitriles is 1. The molecule has 0 bridgehead atoms. The topological polar surface area (TPSA) is 60.1 Å². The summed E-state index contributed by atoms with van der Waals surface area (Å²) in [5.41, 5.74) is 2.22. The molecule has 6 heteroatoms. The number of hydrogen-bond acceptors (Lipinski definition) is 4. The lowest BCUT2D eigenvalue weighted by Gasteiger charge is -2.10. The zero-order chi connectivity index (χ0) is 16.8. The van der Waals surface area contributed by atoms with Gasteiger partial charge in [-0.15, -0.1) is 0 Å². The van der Waals surface area contributed by atoms with Gasteiger partial charge in [0.15, 0.2) is 0 Å². The van der Waals surface area contributed by atoms with E-state index in [0.29, 0.717) is 28.8 Å². The van der Waals surface area contributed by atoms with Gasteiger partial charge in [-0.3, -0.25) is 0 Å². The van der Waals surface area contributed by atoms with Crippen molar-refractivity contribution in [3.05, 3.63) is 46.3 Å². The Balaban J connectivity index is 2.46. The van der Waals surface area contributed by atoms with Crippen LogP contribution in [0.1, 0.15) is 30.7 Å². The van der Waals surface area contributed by atoms with Gasteiger partial charge in [-0.1, -0.05) is 18.5 Å². The third-order valence-corrected chi connectivity index (χ3v) is 3.48. The summed E-state index contributed by atoms with van der Waals surface area (Å²) in [6.45, 7) is 4.68. The highest BCUT2D eigenvalue weighted by molar-refractivity contribution is 6.30. The molecule has 0 N–H and O–H groups in total. The number of halogens is 1. The first-order chi connectivity index (χ1) is 11.1. The first-order valence-electron chi connectivity index (χ1n) is 7.30. The summed E-state index contributed by atoms with van der Waals surface area (Å²) in [5, 5.41) is 14.0. The second kappa shape index (κ2) is 7.70. The number of aromatic nitrogens is 2. The van der Waals surface area contributed by atoms with Crippen molar-refractivity contribution in [3.8, 4) is 17.7 Å². The normalized spacial score (nSPS) is 10.7. The molecule has 0 aliphatic heterocycles. The molecule has 0 radical (unpaired) electrons. The fraction of sp³-hybridized carbons (Fsp3) is 0.294. The van der Waals surface area contributed by atoms with Crippen molar-refractivity contribution < 1.29 is 9.47 Å². The Hall–Kier alpha value is -2.45. The quantitative estimate of drug-likeness (QED) is 0.736. The largest absolute Gasteiger partial charge is 0.504 e. The summed E-state index contributed by atoms with van der Waals surface area (Å²) >= 11 is 6.03. The Morgan fingerprint density at radius 3 is 2.74 bits per heavy atom. The molecule has 1 aromatic heterocycles. The van der Waals surface area contributed by atoms with Gasteiger partial charge in [-0.05, 0) is 31.5 Å². The smallest absolute Gasteiger partial charge is 0.221 e. The van der Waals surface area contributed by atoms with Gasteiger partial charge in [0, 0.05) is 23.2 Å². The molecule has 0 saturated carbocycles. The lowest BCUT2D eigenvalue weighted by atomic mass is 10.2. The fourth-order valence-electron chi connectivity index (χ4n) is 2.23. The summed E-state index contributed by atoms with van der Waals surface area (Å²) in [6.07, 6.45) is 4.14. The Kier molecular flexibility index (Phi) is 5.67. The molecule has 0 atom stereocenters. The number of hydrogen-bond donors (Lipinski definition) is 0. The van der Waals surface area contributed by atoms with Crippen molar-refractivity contribution in [2.24, 2.45) is 0 Å². The first kappa shape index (κ1) is 16.9. The molecule has 2 rings (SSSR count). The van der Waals surface area contributed by atoms with E-state index in [1.165, 1.54) is 0 Å². The monoisotopic (exact) mass is 331 g/mol. The first-order valence-corrected chi connectivity index (χ1v) is 7.68. The predicted octanol–water partition coefficient (Wildman–Crippen LogP) is 4.40. The van der Waals surface area contributed by atoms with Crippen LogP contribution in [0.25, 0.3) is 6.08 Å². The van der Waals surface area contributed by atoms with Crippen LogP contribution in [-0.4, -0.2) is 16.9 Å². The van der Waals surface area contributed by atoms with E-state index in [1.54, 1.807) is 42.3 Å². The fourth-order valence-corrected chi connectivity index (χ4v) is 2.45. The highest BCUT2D eigenvalue weighted by Crippen LogP contribution is 2.31. The van der Waals surface area contributed by atoms with Crippen LogP contribution < -0.4 is 4.74 Å². The minimum Gasteiger partial charge on any atom is -0.504 e. The lowest BCUT2D eigenvalue weighted by Crippen LogP contribution is -2.01. The molecular weight excluding hydrogens is 314 g/mol. The number of aryl methyl sites for hydroxylation is 1. The summed E-state index contributed by atoms with van der Waals surface area (Å²) in [5.74, 6) is 1.16. The number of nitrogens with zero attached hydrogens (tertiary/aromatic N) is 3. The van der Waals surface area contributed by atoms with Crippen LogP contribution in [0.4, 0.5) is 0 Å². The van der Waals surface area contributed by atoms with E-state index in [0.717, 1.165) is 17.7 Å². The maximum Gasteiger partial charge on any atom is 0.221 e. The third kappa shape index (κ3) is 3.85. The van der Waals surface area contributed by atoms with Crippen LogP contribution >= 0.6 is 11.6 Å². The average molecular weight is 332 g/mol. The molecule has 5 nitrogen and oxygen atoms in total. The summed E-state index contributed by atoms with van der Waals surface area (Å²) in [7, 11) is 1.59. The number of methoxy groups -OCH3 is 1. The Bertz CT molecular complexity index is 760. The number of ether oxygens (including phenoxy) is 2. The van der Waals surface area contributed by atoms with Crippen molar-refractivity contribution >= 4 is 17.7 Å². The molecule has 1 aromatic carbocycles. The van der Waals surface area contributed by atoms with Crippen LogP contribution in [0.2, 0.25) is 5.02 Å². The molecule has 0 spiro atoms. The minimum absolute atomic E-state index is 0.451. The second-order valence-electron chi connectivity index (χ2n) is 4.77. The van der Waals surface area contributed by atoms with E-state index in [-0.39, 0.29) is 0 Å². The maximum absolute atomic E-state index is 9.05. The molecule has 0 unspecified atom stereocenters. The van der Waals surface area contributed by atoms with Crippen LogP contribution in [0.15, 0.2) is 24.5 Å². The average Bonchev–Trinajstić information content (AvgIpc) is 2.88. The van der Waals surface area contributed by atoms with Gasteiger partial charge in [-0.25, -0.2) is 4.68 Å². The predicted molar refractivity (Wildman–Crippen MR) is 89.6 cm³/mol. The van der Waals surface area contributed by atoms with E-state index in [1.807, 2.05) is 13.8 Å². The van der Waals surface area contributed by atoms with Crippen molar-refractivity contribution in [2.75, 3.05) is 7.11 Å². The Morgan fingerprint density at radius 1 is 1.35 bits per heavy atom. The Morgan fingerprint density at radius 2 is 2.13 bits per heavy atom. The van der Waals surface area contributed by atoms with Gasteiger partial charge < -0.3 is 9.47 Å². The van der Waals surface area contributed by atoms with E-state index in [9.17, 15) is 0 Å². The van der Waals surface area contributed by atoms with Crippen LogP contribution in [0.3, 0.4) is 0 Å². The van der Waals surface area contributed by atoms with Crippen molar-refractivity contribution in [2.45, 2.75) is 26.8 Å². The van der Waals surface area contributed by atoms with Gasteiger partial charge >= 0.3 is 0 Å². The molecule has 23 heavy (non-hydrogen) atoms. The third-order valence-electron chi connectivity index (χ3n) is 3.26. The van der Waals surface area contributed by atoms with E-state index in [4.69, 9.17) is 26.3 Å². The summed E-state index contributed by atoms with van der Waals surface area (Å²) in [4.78, 5) is 0. The zero-order valence-corrected chi connectivity index (χ0v) is 14.1. The van der Waals surface area contributed by atoms with Gasteiger partial charge in [0.2, 0.25) is 5.88 Å². The number of rotatable bonds is 6. The van der Waals surface area contributed by atoms with Gasteiger partial charge in [-0.2, -0.15) is 10.4 Å².